The molecule has 2 aromatic heterocycles. The normalized spacial score (nSPS) is 11.7. The molecule has 3 rings (SSSR count). The molecule has 0 unspecified atom stereocenters. The molecule has 0 aliphatic heterocycles. The summed E-state index contributed by atoms with van der Waals surface area (Å²) in [7, 11) is 3.27. The number of H-pyrrole nitrogens is 1. The molecule has 1 amide bonds. The first-order chi connectivity index (χ1) is 13.5. The van der Waals surface area contributed by atoms with Crippen LogP contribution in [0.5, 0.6) is 11.5 Å². The van der Waals surface area contributed by atoms with Crippen molar-refractivity contribution in [1.82, 2.24) is 25.1 Å². The van der Waals surface area contributed by atoms with Crippen LogP contribution in [0.4, 0.5) is 0 Å². The van der Waals surface area contributed by atoms with E-state index >= 15 is 0 Å². The number of methoxy groups -OCH3 is 1. The predicted molar refractivity (Wildman–Crippen MR) is 103 cm³/mol. The lowest BCUT2D eigenvalue weighted by Crippen LogP contribution is -2.30. The van der Waals surface area contributed by atoms with E-state index in [-0.39, 0.29) is 18.6 Å². The third-order valence-electron chi connectivity index (χ3n) is 4.31. The largest absolute Gasteiger partial charge is 0.497 e. The highest BCUT2D eigenvalue weighted by molar-refractivity contribution is 6.32. The van der Waals surface area contributed by atoms with Gasteiger partial charge in [-0.2, -0.15) is 5.10 Å². The highest BCUT2D eigenvalue weighted by atomic mass is 35.5. The number of rotatable bonds is 7. The zero-order chi connectivity index (χ0) is 20.1. The number of amides is 1. The Balaban J connectivity index is 1.64. The summed E-state index contributed by atoms with van der Waals surface area (Å²) in [5.41, 5.74) is 1.69. The van der Waals surface area contributed by atoms with Gasteiger partial charge in [-0.1, -0.05) is 11.6 Å². The van der Waals surface area contributed by atoms with E-state index in [4.69, 9.17) is 21.1 Å². The zero-order valence-corrected chi connectivity index (χ0v) is 16.5. The number of nitrogens with one attached hydrogen (secondary N) is 1. The molecule has 0 saturated heterocycles. The molecule has 28 heavy (non-hydrogen) atoms. The smallest absolute Gasteiger partial charge is 0.274 e. The van der Waals surface area contributed by atoms with Crippen molar-refractivity contribution in [3.05, 3.63) is 65.0 Å². The minimum atomic E-state index is -0.226. The predicted octanol–water partition coefficient (Wildman–Crippen LogP) is 3.27. The summed E-state index contributed by atoms with van der Waals surface area (Å²) >= 11 is 6.16. The van der Waals surface area contributed by atoms with E-state index in [1.54, 1.807) is 55.6 Å². The van der Waals surface area contributed by atoms with Crippen LogP contribution in [-0.4, -0.2) is 45.1 Å². The average molecular weight is 402 g/mol. The molecule has 146 valence electrons. The number of ether oxygens (including phenoxy) is 2. The summed E-state index contributed by atoms with van der Waals surface area (Å²) in [6, 6.07) is 8.36. The van der Waals surface area contributed by atoms with Gasteiger partial charge in [0.2, 0.25) is 0 Å². The van der Waals surface area contributed by atoms with E-state index in [1.807, 2.05) is 6.92 Å². The Kier molecular flexibility index (Phi) is 6.10. The number of aromatic nitrogens is 4. The van der Waals surface area contributed by atoms with Crippen molar-refractivity contribution in [1.29, 1.82) is 0 Å². The van der Waals surface area contributed by atoms with Crippen molar-refractivity contribution in [3.63, 3.8) is 0 Å². The van der Waals surface area contributed by atoms with E-state index < -0.39 is 0 Å². The van der Waals surface area contributed by atoms with E-state index in [0.717, 1.165) is 5.69 Å². The van der Waals surface area contributed by atoms with Gasteiger partial charge in [0.05, 0.1) is 29.6 Å². The number of benzene rings is 1. The lowest BCUT2D eigenvalue weighted by molar-refractivity contribution is 0.0733. The molecule has 8 nitrogen and oxygen atoms in total. The maximum Gasteiger partial charge on any atom is 0.274 e. The molecule has 0 saturated carbocycles. The van der Waals surface area contributed by atoms with Crippen LogP contribution in [-0.2, 0) is 6.61 Å². The number of halogens is 1. The first-order valence-electron chi connectivity index (χ1n) is 8.53. The van der Waals surface area contributed by atoms with Crippen LogP contribution in [0.1, 0.15) is 34.8 Å². The minimum absolute atomic E-state index is 0.192. The van der Waals surface area contributed by atoms with E-state index in [2.05, 4.69) is 20.2 Å². The average Bonchev–Trinajstić information content (AvgIpc) is 3.20. The summed E-state index contributed by atoms with van der Waals surface area (Å²) in [4.78, 5) is 22.4. The van der Waals surface area contributed by atoms with Gasteiger partial charge in [-0.25, -0.2) is 9.97 Å². The molecule has 0 fully saturated rings. The highest BCUT2D eigenvalue weighted by Crippen LogP contribution is 2.29. The Hall–Kier alpha value is -3.13. The summed E-state index contributed by atoms with van der Waals surface area (Å²) in [5, 5.41) is 7.35. The van der Waals surface area contributed by atoms with Crippen LogP contribution in [0.25, 0.3) is 0 Å². The third-order valence-corrected chi connectivity index (χ3v) is 4.60. The topological polar surface area (TPSA) is 93.2 Å². The van der Waals surface area contributed by atoms with Crippen molar-refractivity contribution in [2.45, 2.75) is 19.6 Å². The van der Waals surface area contributed by atoms with E-state index in [0.29, 0.717) is 27.9 Å². The Morgan fingerprint density at radius 3 is 2.82 bits per heavy atom. The molecule has 1 N–H and O–H groups in total. The maximum absolute atomic E-state index is 12.7. The standard InChI is InChI=1S/C19H20ClN5O3/c1-12(16-6-7-21-11-22-16)25(2)19(26)17-8-13(23-24-17)10-28-18-5-4-14(27-3)9-15(18)20/h4-9,11-12H,10H2,1-3H3,(H,23,24)/t12-/m0/s1. The van der Waals surface area contributed by atoms with Gasteiger partial charge in [0.15, 0.2) is 5.69 Å². The van der Waals surface area contributed by atoms with Crippen LogP contribution < -0.4 is 9.47 Å². The first kappa shape index (κ1) is 19.6. The molecule has 1 aromatic carbocycles. The third kappa shape index (κ3) is 4.40. The summed E-state index contributed by atoms with van der Waals surface area (Å²) < 4.78 is 10.8. The van der Waals surface area contributed by atoms with Crippen molar-refractivity contribution in [2.75, 3.05) is 14.2 Å². The van der Waals surface area contributed by atoms with Gasteiger partial charge in [0, 0.05) is 19.3 Å². The minimum Gasteiger partial charge on any atom is -0.497 e. The van der Waals surface area contributed by atoms with Gasteiger partial charge in [-0.3, -0.25) is 9.89 Å². The molecule has 2 heterocycles. The lowest BCUT2D eigenvalue weighted by atomic mass is 10.2. The molecule has 0 aliphatic rings. The van der Waals surface area contributed by atoms with E-state index in [1.165, 1.54) is 6.33 Å². The van der Waals surface area contributed by atoms with E-state index in [9.17, 15) is 4.79 Å². The van der Waals surface area contributed by atoms with Crippen LogP contribution in [0.15, 0.2) is 42.9 Å². The van der Waals surface area contributed by atoms with Gasteiger partial charge in [0.1, 0.15) is 24.4 Å². The summed E-state index contributed by atoms with van der Waals surface area (Å²) in [6.07, 6.45) is 3.10. The molecular weight excluding hydrogens is 382 g/mol. The van der Waals surface area contributed by atoms with Crippen molar-refractivity contribution >= 4 is 17.5 Å². The SMILES string of the molecule is COc1ccc(OCc2cc(C(=O)N(C)[C@@H](C)c3ccncn3)n[nH]2)c(Cl)c1. The summed E-state index contributed by atoms with van der Waals surface area (Å²) in [6.45, 7) is 2.08. The van der Waals surface area contributed by atoms with Crippen molar-refractivity contribution < 1.29 is 14.3 Å². The van der Waals surface area contributed by atoms with Gasteiger partial charge in [-0.15, -0.1) is 0 Å². The number of hydrogen-bond donors (Lipinski definition) is 1. The lowest BCUT2D eigenvalue weighted by Gasteiger charge is -2.23. The number of hydrogen-bond acceptors (Lipinski definition) is 6. The number of nitrogens with zero attached hydrogens (tertiary/aromatic N) is 4. The molecule has 0 aliphatic carbocycles. The van der Waals surface area contributed by atoms with Gasteiger partial charge in [0.25, 0.3) is 5.91 Å². The second-order valence-corrected chi connectivity index (χ2v) is 6.50. The fourth-order valence-electron chi connectivity index (χ4n) is 2.53. The number of aromatic amines is 1. The molecule has 0 spiro atoms. The molecule has 0 bridgehead atoms. The van der Waals surface area contributed by atoms with Crippen molar-refractivity contribution in [3.8, 4) is 11.5 Å². The Labute approximate surface area is 167 Å². The van der Waals surface area contributed by atoms with Crippen LogP contribution in [0.3, 0.4) is 0 Å². The van der Waals surface area contributed by atoms with Gasteiger partial charge >= 0.3 is 0 Å². The van der Waals surface area contributed by atoms with Gasteiger partial charge < -0.3 is 14.4 Å². The molecular formula is C19H20ClN5O3. The first-order valence-corrected chi connectivity index (χ1v) is 8.91. The molecule has 9 heteroatoms. The molecule has 3 aromatic rings. The summed E-state index contributed by atoms with van der Waals surface area (Å²) in [5.74, 6) is 0.933. The Bertz CT molecular complexity index is 948. The van der Waals surface area contributed by atoms with Crippen molar-refractivity contribution in [2.24, 2.45) is 0 Å². The van der Waals surface area contributed by atoms with Crippen LogP contribution in [0, 0.1) is 0 Å². The second-order valence-electron chi connectivity index (χ2n) is 6.09. The molecule has 1 atom stereocenters. The van der Waals surface area contributed by atoms with Crippen LogP contribution >= 0.6 is 11.6 Å². The molecule has 0 radical (unpaired) electrons. The zero-order valence-electron chi connectivity index (χ0n) is 15.7. The van der Waals surface area contributed by atoms with Crippen LogP contribution in [0.2, 0.25) is 5.02 Å². The number of carbonyl (C=O) groups excluding carboxylic acids is 1. The monoisotopic (exact) mass is 401 g/mol. The Morgan fingerprint density at radius 1 is 1.32 bits per heavy atom. The van der Waals surface area contributed by atoms with Gasteiger partial charge in [-0.05, 0) is 31.2 Å². The Morgan fingerprint density at radius 2 is 2.14 bits per heavy atom. The quantitative estimate of drug-likeness (QED) is 0.653. The fraction of sp³-hybridized carbons (Fsp3) is 0.263. The highest BCUT2D eigenvalue weighted by Gasteiger charge is 2.22. The number of carbonyl (C=O) groups is 1. The fourth-order valence-corrected chi connectivity index (χ4v) is 2.75. The second kappa shape index (κ2) is 8.71. The maximum atomic E-state index is 12.7.